The van der Waals surface area contributed by atoms with Crippen LogP contribution in [0.25, 0.3) is 0 Å². The molecule has 13 heavy (non-hydrogen) atoms. The Labute approximate surface area is 98.0 Å². The van der Waals surface area contributed by atoms with E-state index in [-0.39, 0.29) is 29.6 Å². The van der Waals surface area contributed by atoms with Crippen LogP contribution in [0.4, 0.5) is 4.79 Å². The summed E-state index contributed by atoms with van der Waals surface area (Å²) in [5.41, 5.74) is 0.305. The summed E-state index contributed by atoms with van der Waals surface area (Å²) in [4.78, 5) is 9.96. The van der Waals surface area contributed by atoms with E-state index in [4.69, 9.17) is 5.11 Å². The van der Waals surface area contributed by atoms with Gasteiger partial charge in [-0.3, -0.25) is 0 Å². The molecule has 0 aliphatic carbocycles. The van der Waals surface area contributed by atoms with Crippen LogP contribution in [0.3, 0.4) is 0 Å². The summed E-state index contributed by atoms with van der Waals surface area (Å²) < 4.78 is 4.00. The molecule has 1 aromatic rings. The van der Waals surface area contributed by atoms with Gasteiger partial charge >= 0.3 is 35.7 Å². The molecular formula is C7H6BNaO4. The summed E-state index contributed by atoms with van der Waals surface area (Å²) in [6.07, 6.45) is -1.56. The summed E-state index contributed by atoms with van der Waals surface area (Å²) in [7, 11) is -1.65. The number of benzene rings is 1. The van der Waals surface area contributed by atoms with Gasteiger partial charge in [-0.15, -0.1) is 0 Å². The SMILES string of the molecule is O=C(O)OB([O-])c1ccccc1.[Na+]. The zero-order chi connectivity index (χ0) is 8.97. The third-order valence-corrected chi connectivity index (χ3v) is 1.28. The Balaban J connectivity index is 0.00000144. The molecule has 0 fully saturated rings. The van der Waals surface area contributed by atoms with E-state index in [1.54, 1.807) is 18.2 Å². The fourth-order valence-corrected chi connectivity index (χ4v) is 0.770. The van der Waals surface area contributed by atoms with Crippen molar-refractivity contribution in [2.75, 3.05) is 0 Å². The van der Waals surface area contributed by atoms with Crippen molar-refractivity contribution in [2.45, 2.75) is 0 Å². The Morgan fingerprint density at radius 3 is 2.38 bits per heavy atom. The van der Waals surface area contributed by atoms with Crippen LogP contribution in [0.5, 0.6) is 0 Å². The molecule has 0 unspecified atom stereocenters. The van der Waals surface area contributed by atoms with Crippen molar-refractivity contribution < 1.29 is 49.1 Å². The van der Waals surface area contributed by atoms with E-state index in [0.29, 0.717) is 5.46 Å². The van der Waals surface area contributed by atoms with Gasteiger partial charge in [0.15, 0.2) is 0 Å². The number of hydrogen-bond donors (Lipinski definition) is 1. The Hall–Kier alpha value is -0.485. The molecule has 0 saturated heterocycles. The Kier molecular flexibility index (Phi) is 5.82. The van der Waals surface area contributed by atoms with Crippen LogP contribution in [-0.2, 0) is 4.65 Å². The van der Waals surface area contributed by atoms with Gasteiger partial charge in [0.1, 0.15) is 0 Å². The first-order chi connectivity index (χ1) is 5.70. The van der Waals surface area contributed by atoms with Gasteiger partial charge in [0.2, 0.25) is 0 Å². The molecule has 6 heteroatoms. The molecule has 62 valence electrons. The molecule has 1 rings (SSSR count). The number of hydrogen-bond acceptors (Lipinski definition) is 3. The zero-order valence-electron chi connectivity index (χ0n) is 7.14. The maximum Gasteiger partial charge on any atom is 1.00 e. The first-order valence-electron chi connectivity index (χ1n) is 3.30. The predicted molar refractivity (Wildman–Crippen MR) is 40.9 cm³/mol. The minimum atomic E-state index is -1.65. The van der Waals surface area contributed by atoms with Gasteiger partial charge < -0.3 is 14.8 Å². The van der Waals surface area contributed by atoms with E-state index in [0.717, 1.165) is 0 Å². The fourth-order valence-electron chi connectivity index (χ4n) is 0.770. The fraction of sp³-hybridized carbons (Fsp3) is 0. The van der Waals surface area contributed by atoms with Crippen LogP contribution in [0.2, 0.25) is 0 Å². The summed E-state index contributed by atoms with van der Waals surface area (Å²) in [5, 5.41) is 19.1. The summed E-state index contributed by atoms with van der Waals surface area (Å²) >= 11 is 0. The molecular weight excluding hydrogens is 182 g/mol. The number of carbonyl (C=O) groups is 1. The van der Waals surface area contributed by atoms with Crippen molar-refractivity contribution in [3.8, 4) is 0 Å². The van der Waals surface area contributed by atoms with Crippen LogP contribution in [0.15, 0.2) is 30.3 Å². The van der Waals surface area contributed by atoms with Crippen LogP contribution >= 0.6 is 0 Å². The largest absolute Gasteiger partial charge is 1.00 e. The van der Waals surface area contributed by atoms with Crippen molar-refractivity contribution >= 4 is 18.7 Å². The molecule has 0 amide bonds. The summed E-state index contributed by atoms with van der Waals surface area (Å²) in [6.45, 7) is 0. The second-order valence-corrected chi connectivity index (χ2v) is 2.13. The van der Waals surface area contributed by atoms with Crippen molar-refractivity contribution in [3.05, 3.63) is 30.3 Å². The molecule has 0 aliphatic heterocycles. The molecule has 1 N–H and O–H groups in total. The summed E-state index contributed by atoms with van der Waals surface area (Å²) in [6, 6.07) is 8.05. The minimum Gasteiger partial charge on any atom is -0.842 e. The van der Waals surface area contributed by atoms with Crippen molar-refractivity contribution in [1.82, 2.24) is 0 Å². The molecule has 0 bridgehead atoms. The van der Waals surface area contributed by atoms with Crippen molar-refractivity contribution in [2.24, 2.45) is 0 Å². The quantitative estimate of drug-likeness (QED) is 0.487. The maximum absolute atomic E-state index is 10.9. The Bertz CT molecular complexity index is 266. The van der Waals surface area contributed by atoms with E-state index in [9.17, 15) is 9.82 Å². The normalized spacial score (nSPS) is 8.38. The predicted octanol–water partition coefficient (Wildman–Crippen LogP) is -3.56. The minimum absolute atomic E-state index is 0. The van der Waals surface area contributed by atoms with Gasteiger partial charge in [-0.05, 0) is 0 Å². The Morgan fingerprint density at radius 1 is 1.38 bits per heavy atom. The Morgan fingerprint density at radius 2 is 1.92 bits per heavy atom. The molecule has 0 aliphatic rings. The molecule has 0 aromatic heterocycles. The average molecular weight is 188 g/mol. The first-order valence-corrected chi connectivity index (χ1v) is 3.30. The van der Waals surface area contributed by atoms with Gasteiger partial charge in [0, 0.05) is 0 Å². The smallest absolute Gasteiger partial charge is 0.842 e. The summed E-state index contributed by atoms with van der Waals surface area (Å²) in [5.74, 6) is 0. The molecule has 4 nitrogen and oxygen atoms in total. The van der Waals surface area contributed by atoms with E-state index in [2.05, 4.69) is 4.65 Å². The van der Waals surface area contributed by atoms with Gasteiger partial charge in [0.25, 0.3) is 7.12 Å². The van der Waals surface area contributed by atoms with Gasteiger partial charge in [-0.1, -0.05) is 35.8 Å². The maximum atomic E-state index is 10.9. The van der Waals surface area contributed by atoms with Crippen LogP contribution in [0.1, 0.15) is 0 Å². The third-order valence-electron chi connectivity index (χ3n) is 1.28. The average Bonchev–Trinajstić information content (AvgIpc) is 2.05. The van der Waals surface area contributed by atoms with Crippen LogP contribution in [0, 0.1) is 0 Å². The van der Waals surface area contributed by atoms with E-state index < -0.39 is 13.3 Å². The van der Waals surface area contributed by atoms with E-state index >= 15 is 0 Å². The number of rotatable bonds is 2. The standard InChI is InChI=1S/C7H6BO4.Na/c9-7(10)12-8(11)6-4-2-1-3-5-6;/h1-5H,(H,9,10);/q-1;+1. The molecule has 0 spiro atoms. The number of carboxylic acid groups (broad SMARTS) is 1. The topological polar surface area (TPSA) is 69.6 Å². The molecule has 0 atom stereocenters. The zero-order valence-corrected chi connectivity index (χ0v) is 9.14. The van der Waals surface area contributed by atoms with Crippen molar-refractivity contribution in [1.29, 1.82) is 0 Å². The van der Waals surface area contributed by atoms with Gasteiger partial charge in [-0.2, -0.15) is 0 Å². The molecule has 0 saturated carbocycles. The molecule has 0 radical (unpaired) electrons. The van der Waals surface area contributed by atoms with Crippen LogP contribution in [-0.4, -0.2) is 18.4 Å². The molecule has 1 aromatic carbocycles. The van der Waals surface area contributed by atoms with Crippen molar-refractivity contribution in [3.63, 3.8) is 0 Å². The van der Waals surface area contributed by atoms with Gasteiger partial charge in [-0.25, -0.2) is 4.79 Å². The monoisotopic (exact) mass is 188 g/mol. The van der Waals surface area contributed by atoms with E-state index in [1.165, 1.54) is 12.1 Å². The second-order valence-electron chi connectivity index (χ2n) is 2.13. The first kappa shape index (κ1) is 12.5. The van der Waals surface area contributed by atoms with Crippen LogP contribution < -0.4 is 40.0 Å². The van der Waals surface area contributed by atoms with E-state index in [1.807, 2.05) is 0 Å². The third kappa shape index (κ3) is 4.33. The second kappa shape index (κ2) is 6.04. The molecule has 0 heterocycles. The van der Waals surface area contributed by atoms with Gasteiger partial charge in [0.05, 0.1) is 0 Å².